The van der Waals surface area contributed by atoms with Gasteiger partial charge in [0.1, 0.15) is 0 Å². The second kappa shape index (κ2) is 1.97. The lowest BCUT2D eigenvalue weighted by Crippen LogP contribution is -2.35. The Balaban J connectivity index is 4.02. The third-order valence-electron chi connectivity index (χ3n) is 0.954. The minimum absolute atomic E-state index is 0.535. The van der Waals surface area contributed by atoms with Crippen LogP contribution >= 0.6 is 15.9 Å². The highest BCUT2D eigenvalue weighted by atomic mass is 79.9. The van der Waals surface area contributed by atoms with Crippen LogP contribution < -0.4 is 0 Å². The monoisotopic (exact) mass is 182 g/mol. The van der Waals surface area contributed by atoms with Crippen molar-refractivity contribution in [2.45, 2.75) is 25.5 Å². The summed E-state index contributed by atoms with van der Waals surface area (Å²) in [4.78, 5) is 0. The molecule has 50 valence electrons. The highest BCUT2D eigenvalue weighted by Gasteiger charge is 2.34. The van der Waals surface area contributed by atoms with E-state index in [0.29, 0.717) is 0 Å². The molecule has 0 saturated carbocycles. The lowest BCUT2D eigenvalue weighted by molar-refractivity contribution is -0.141. The highest BCUT2D eigenvalue weighted by molar-refractivity contribution is 9.09. The largest absolute Gasteiger partial charge is 0.357 e. The molecule has 0 spiro atoms. The van der Waals surface area contributed by atoms with E-state index in [0.717, 1.165) is 0 Å². The average Bonchev–Trinajstić information content (AvgIpc) is 1.25. The molecule has 0 amide bonds. The lowest BCUT2D eigenvalue weighted by atomic mass is 9.96. The molecule has 0 bridgehead atoms. The first kappa shape index (κ1) is 8.40. The molecular formula is C5H11BrO2. The third-order valence-corrected chi connectivity index (χ3v) is 2.14. The second-order valence-electron chi connectivity index (χ2n) is 2.84. The van der Waals surface area contributed by atoms with Gasteiger partial charge < -0.3 is 10.2 Å². The number of halogens is 1. The predicted molar refractivity (Wildman–Crippen MR) is 35.6 cm³/mol. The molecular weight excluding hydrogens is 172 g/mol. The second-order valence-corrected chi connectivity index (χ2v) is 3.94. The maximum atomic E-state index is 8.83. The van der Waals surface area contributed by atoms with Gasteiger partial charge in [0.05, 0.1) is 0 Å². The SMILES string of the molecule is CC(C)(C)C(O)(O)Br. The predicted octanol–water partition coefficient (Wildman–Crippen LogP) is 1.07. The number of rotatable bonds is 0. The Morgan fingerprint density at radius 3 is 1.25 bits per heavy atom. The smallest absolute Gasteiger partial charge is 0.226 e. The van der Waals surface area contributed by atoms with Crippen LogP contribution in [-0.4, -0.2) is 14.9 Å². The topological polar surface area (TPSA) is 40.5 Å². The Hall–Kier alpha value is 0.400. The molecule has 0 aliphatic rings. The Labute approximate surface area is 57.7 Å². The average molecular weight is 183 g/mol. The molecule has 0 aliphatic heterocycles. The van der Waals surface area contributed by atoms with E-state index in [4.69, 9.17) is 10.2 Å². The minimum Gasteiger partial charge on any atom is -0.357 e. The van der Waals surface area contributed by atoms with E-state index in [9.17, 15) is 0 Å². The molecule has 0 aromatic rings. The summed E-state index contributed by atoms with van der Waals surface area (Å²) < 4.78 is -1.75. The van der Waals surface area contributed by atoms with Crippen molar-refractivity contribution in [3.8, 4) is 0 Å². The van der Waals surface area contributed by atoms with Gasteiger partial charge in [-0.2, -0.15) is 0 Å². The normalized spacial score (nSPS) is 14.2. The van der Waals surface area contributed by atoms with Crippen LogP contribution in [0, 0.1) is 5.41 Å². The van der Waals surface area contributed by atoms with Crippen molar-refractivity contribution in [3.63, 3.8) is 0 Å². The van der Waals surface area contributed by atoms with Crippen LogP contribution in [0.4, 0.5) is 0 Å². The molecule has 0 radical (unpaired) electrons. The van der Waals surface area contributed by atoms with Gasteiger partial charge in [0, 0.05) is 5.41 Å². The van der Waals surface area contributed by atoms with Crippen LogP contribution in [0.3, 0.4) is 0 Å². The first-order valence-corrected chi connectivity index (χ1v) is 3.18. The number of hydrogen-bond acceptors (Lipinski definition) is 2. The molecule has 0 unspecified atom stereocenters. The van der Waals surface area contributed by atoms with Gasteiger partial charge in [0.15, 0.2) is 0 Å². The first-order chi connectivity index (χ1) is 3.25. The summed E-state index contributed by atoms with van der Waals surface area (Å²) in [5.74, 6) is 0. The van der Waals surface area contributed by atoms with Crippen molar-refractivity contribution in [2.24, 2.45) is 5.41 Å². The fraction of sp³-hybridized carbons (Fsp3) is 1.00. The Bertz CT molecular complexity index is 65.4. The molecule has 2 nitrogen and oxygen atoms in total. The first-order valence-electron chi connectivity index (χ1n) is 2.39. The summed E-state index contributed by atoms with van der Waals surface area (Å²) >= 11 is 2.71. The zero-order chi connectivity index (χ0) is 7.00. The summed E-state index contributed by atoms with van der Waals surface area (Å²) in [7, 11) is 0. The van der Waals surface area contributed by atoms with Crippen LogP contribution in [0.15, 0.2) is 0 Å². The molecule has 8 heavy (non-hydrogen) atoms. The zero-order valence-electron chi connectivity index (χ0n) is 5.27. The van der Waals surface area contributed by atoms with Crippen molar-refractivity contribution in [1.82, 2.24) is 0 Å². The quantitative estimate of drug-likeness (QED) is 0.435. The number of aliphatic hydroxyl groups is 2. The molecule has 3 heteroatoms. The Morgan fingerprint density at radius 2 is 1.25 bits per heavy atom. The van der Waals surface area contributed by atoms with Gasteiger partial charge in [-0.05, 0) is 15.9 Å². The molecule has 0 fully saturated rings. The van der Waals surface area contributed by atoms with Gasteiger partial charge in [-0.25, -0.2) is 0 Å². The molecule has 0 aliphatic carbocycles. The standard InChI is InChI=1S/C5H11BrO2/c1-4(2,3)5(6,7)8/h7-8H,1-3H3. The van der Waals surface area contributed by atoms with Gasteiger partial charge in [-0.1, -0.05) is 20.8 Å². The van der Waals surface area contributed by atoms with Crippen LogP contribution in [0.2, 0.25) is 0 Å². The van der Waals surface area contributed by atoms with E-state index in [1.807, 2.05) is 0 Å². The summed E-state index contributed by atoms with van der Waals surface area (Å²) in [5.41, 5.74) is -0.535. The van der Waals surface area contributed by atoms with Gasteiger partial charge in [-0.3, -0.25) is 0 Å². The van der Waals surface area contributed by atoms with E-state index >= 15 is 0 Å². The van der Waals surface area contributed by atoms with Crippen molar-refractivity contribution in [3.05, 3.63) is 0 Å². The molecule has 0 heterocycles. The van der Waals surface area contributed by atoms with Gasteiger partial charge >= 0.3 is 0 Å². The lowest BCUT2D eigenvalue weighted by Gasteiger charge is -2.28. The summed E-state index contributed by atoms with van der Waals surface area (Å²) in [6.45, 7) is 5.17. The highest BCUT2D eigenvalue weighted by Crippen LogP contribution is 2.32. The molecule has 2 N–H and O–H groups in total. The van der Waals surface area contributed by atoms with Crippen molar-refractivity contribution in [2.75, 3.05) is 0 Å². The molecule has 0 atom stereocenters. The van der Waals surface area contributed by atoms with E-state index in [1.165, 1.54) is 0 Å². The van der Waals surface area contributed by atoms with Crippen LogP contribution in [0.1, 0.15) is 20.8 Å². The fourth-order valence-corrected chi connectivity index (χ4v) is 0. The van der Waals surface area contributed by atoms with E-state index in [1.54, 1.807) is 20.8 Å². The molecule has 0 aromatic carbocycles. The fourth-order valence-electron chi connectivity index (χ4n) is 0. The van der Waals surface area contributed by atoms with Crippen LogP contribution in [0.5, 0.6) is 0 Å². The molecule has 0 saturated heterocycles. The van der Waals surface area contributed by atoms with Crippen LogP contribution in [-0.2, 0) is 0 Å². The van der Waals surface area contributed by atoms with E-state index in [-0.39, 0.29) is 0 Å². The van der Waals surface area contributed by atoms with Crippen molar-refractivity contribution < 1.29 is 10.2 Å². The summed E-state index contributed by atoms with van der Waals surface area (Å²) in [5, 5.41) is 17.7. The van der Waals surface area contributed by atoms with E-state index in [2.05, 4.69) is 15.9 Å². The van der Waals surface area contributed by atoms with E-state index < -0.39 is 10.1 Å². The van der Waals surface area contributed by atoms with Crippen molar-refractivity contribution in [1.29, 1.82) is 0 Å². The molecule has 0 aromatic heterocycles. The Morgan fingerprint density at radius 1 is 1.12 bits per heavy atom. The Kier molecular flexibility index (Phi) is 2.07. The van der Waals surface area contributed by atoms with Gasteiger partial charge in [-0.15, -0.1) is 0 Å². The summed E-state index contributed by atoms with van der Waals surface area (Å²) in [6.07, 6.45) is 0. The minimum atomic E-state index is -1.75. The number of alkyl halides is 1. The number of hydrogen-bond donors (Lipinski definition) is 2. The zero-order valence-corrected chi connectivity index (χ0v) is 6.86. The van der Waals surface area contributed by atoms with Gasteiger partial charge in [0.2, 0.25) is 4.70 Å². The van der Waals surface area contributed by atoms with Gasteiger partial charge in [0.25, 0.3) is 0 Å². The molecule has 0 rings (SSSR count). The van der Waals surface area contributed by atoms with Crippen LogP contribution in [0.25, 0.3) is 0 Å². The maximum absolute atomic E-state index is 8.83. The maximum Gasteiger partial charge on any atom is 0.226 e. The van der Waals surface area contributed by atoms with Crippen molar-refractivity contribution >= 4 is 15.9 Å². The summed E-state index contributed by atoms with van der Waals surface area (Å²) in [6, 6.07) is 0. The third kappa shape index (κ3) is 2.11.